The highest BCUT2D eigenvalue weighted by molar-refractivity contribution is 5.85. The van der Waals surface area contributed by atoms with Crippen LogP contribution in [0.3, 0.4) is 0 Å². The summed E-state index contributed by atoms with van der Waals surface area (Å²) in [7, 11) is 0. The van der Waals surface area contributed by atoms with Gasteiger partial charge in [-0.2, -0.15) is 0 Å². The second kappa shape index (κ2) is 4.68. The van der Waals surface area contributed by atoms with Gasteiger partial charge in [0.15, 0.2) is 0 Å². The van der Waals surface area contributed by atoms with E-state index in [1.807, 2.05) is 0 Å². The smallest absolute Gasteiger partial charge is 0.226 e. The molecule has 2 saturated heterocycles. The number of fused-ring (bicyclic) bond motifs is 3. The van der Waals surface area contributed by atoms with Crippen molar-refractivity contribution in [1.82, 2.24) is 10.2 Å². The molecule has 1 N–H and O–H groups in total. The van der Waals surface area contributed by atoms with Crippen LogP contribution in [0.4, 0.5) is 0 Å². The fourth-order valence-electron chi connectivity index (χ4n) is 4.54. The second-order valence-corrected chi connectivity index (χ2v) is 6.50. The van der Waals surface area contributed by atoms with E-state index in [1.165, 1.54) is 38.5 Å². The zero-order chi connectivity index (χ0) is 11.4. The van der Waals surface area contributed by atoms with Gasteiger partial charge in [-0.05, 0) is 43.9 Å². The van der Waals surface area contributed by atoms with E-state index < -0.39 is 0 Å². The van der Waals surface area contributed by atoms with Crippen LogP contribution in [0.15, 0.2) is 0 Å². The highest BCUT2D eigenvalue weighted by Crippen LogP contribution is 2.58. The van der Waals surface area contributed by atoms with Crippen molar-refractivity contribution < 1.29 is 4.79 Å². The van der Waals surface area contributed by atoms with Crippen molar-refractivity contribution in [1.29, 1.82) is 0 Å². The number of hydrogen-bond acceptors (Lipinski definition) is 2. The molecule has 2 aliphatic heterocycles. The third kappa shape index (κ3) is 1.96. The molecule has 3 nitrogen and oxygen atoms in total. The number of likely N-dealkylation sites (tertiary alicyclic amines) is 1. The molecule has 0 aromatic carbocycles. The molecule has 4 atom stereocenters. The number of rotatable bonds is 1. The molecule has 2 aliphatic carbocycles. The van der Waals surface area contributed by atoms with Crippen molar-refractivity contribution in [2.45, 2.75) is 50.6 Å². The van der Waals surface area contributed by atoms with Crippen LogP contribution in [-0.2, 0) is 4.79 Å². The van der Waals surface area contributed by atoms with Crippen LogP contribution >= 0.6 is 12.4 Å². The lowest BCUT2D eigenvalue weighted by Gasteiger charge is -2.25. The summed E-state index contributed by atoms with van der Waals surface area (Å²) in [5, 5.41) is 3.65. The number of amides is 1. The summed E-state index contributed by atoms with van der Waals surface area (Å²) in [5.41, 5.74) is 0. The lowest BCUT2D eigenvalue weighted by atomic mass is 10.1. The van der Waals surface area contributed by atoms with Crippen molar-refractivity contribution >= 4 is 18.3 Å². The van der Waals surface area contributed by atoms with Gasteiger partial charge in [-0.1, -0.05) is 6.42 Å². The molecule has 2 bridgehead atoms. The Morgan fingerprint density at radius 3 is 2.50 bits per heavy atom. The average Bonchev–Trinajstić information content (AvgIpc) is 2.67. The quantitative estimate of drug-likeness (QED) is 0.788. The van der Waals surface area contributed by atoms with E-state index in [0.29, 0.717) is 23.9 Å². The summed E-state index contributed by atoms with van der Waals surface area (Å²) < 4.78 is 0. The number of nitrogens with zero attached hydrogens (tertiary/aromatic N) is 1. The summed E-state index contributed by atoms with van der Waals surface area (Å²) in [5.74, 6) is 2.47. The van der Waals surface area contributed by atoms with E-state index >= 15 is 0 Å². The Bertz CT molecular complexity index is 339. The normalized spacial score (nSPS) is 45.1. The number of nitrogens with one attached hydrogen (secondary N) is 1. The fraction of sp³-hybridized carbons (Fsp3) is 0.929. The van der Waals surface area contributed by atoms with Gasteiger partial charge >= 0.3 is 0 Å². The Kier molecular flexibility index (Phi) is 3.31. The summed E-state index contributed by atoms with van der Waals surface area (Å²) >= 11 is 0. The first-order valence-corrected chi connectivity index (χ1v) is 7.38. The highest BCUT2D eigenvalue weighted by atomic mass is 35.5. The van der Waals surface area contributed by atoms with Gasteiger partial charge < -0.3 is 10.2 Å². The summed E-state index contributed by atoms with van der Waals surface area (Å²) in [6, 6.07) is 1.28. The molecule has 4 fully saturated rings. The minimum atomic E-state index is 0. The Hall–Kier alpha value is -0.280. The van der Waals surface area contributed by atoms with Gasteiger partial charge in [-0.25, -0.2) is 0 Å². The summed E-state index contributed by atoms with van der Waals surface area (Å²) in [6.45, 7) is 1.98. The Labute approximate surface area is 115 Å². The van der Waals surface area contributed by atoms with Gasteiger partial charge in [0.05, 0.1) is 0 Å². The van der Waals surface area contributed by atoms with E-state index in [-0.39, 0.29) is 12.4 Å². The third-order valence-electron chi connectivity index (χ3n) is 5.53. The molecule has 0 spiro atoms. The molecule has 0 aromatic heterocycles. The standard InChI is InChI=1S/C14H22N2O.ClH/c17-14(13-11-2-1-3-12(11)13)16-7-6-9-4-5-10(8-16)15-9;/h9-13,15H,1-8H2;1H. The van der Waals surface area contributed by atoms with E-state index in [1.54, 1.807) is 0 Å². The predicted molar refractivity (Wildman–Crippen MR) is 72.7 cm³/mol. The fourth-order valence-corrected chi connectivity index (χ4v) is 4.54. The van der Waals surface area contributed by atoms with Gasteiger partial charge in [-0.3, -0.25) is 4.79 Å². The first kappa shape index (κ1) is 12.7. The van der Waals surface area contributed by atoms with E-state index in [4.69, 9.17) is 0 Å². The Morgan fingerprint density at radius 1 is 1.00 bits per heavy atom. The molecule has 4 aliphatic rings. The maximum absolute atomic E-state index is 12.5. The van der Waals surface area contributed by atoms with Crippen LogP contribution in [0.1, 0.15) is 38.5 Å². The molecule has 0 radical (unpaired) electrons. The van der Waals surface area contributed by atoms with Crippen molar-refractivity contribution in [3.05, 3.63) is 0 Å². The van der Waals surface area contributed by atoms with Gasteiger partial charge in [-0.15, -0.1) is 12.4 Å². The van der Waals surface area contributed by atoms with Crippen molar-refractivity contribution in [3.8, 4) is 0 Å². The molecule has 4 unspecified atom stereocenters. The summed E-state index contributed by atoms with van der Waals surface area (Å²) in [6.07, 6.45) is 7.77. The lowest BCUT2D eigenvalue weighted by Crippen LogP contribution is -2.40. The SMILES string of the molecule is Cl.O=C(C1C2CCCC21)N1CCC2CCC(C1)N2. The van der Waals surface area contributed by atoms with E-state index in [0.717, 1.165) is 24.9 Å². The number of halogens is 1. The molecule has 2 saturated carbocycles. The van der Waals surface area contributed by atoms with Crippen LogP contribution < -0.4 is 5.32 Å². The average molecular weight is 271 g/mol. The highest BCUT2D eigenvalue weighted by Gasteiger charge is 2.57. The zero-order valence-corrected chi connectivity index (χ0v) is 11.6. The molecule has 2 heterocycles. The Balaban J connectivity index is 0.000001000. The molecule has 4 rings (SSSR count). The van der Waals surface area contributed by atoms with Gasteiger partial charge in [0.25, 0.3) is 0 Å². The first-order chi connectivity index (χ1) is 8.33. The van der Waals surface area contributed by atoms with Crippen LogP contribution in [-0.4, -0.2) is 36.0 Å². The zero-order valence-electron chi connectivity index (χ0n) is 10.8. The van der Waals surface area contributed by atoms with Gasteiger partial charge in [0.1, 0.15) is 0 Å². The van der Waals surface area contributed by atoms with E-state index in [2.05, 4.69) is 10.2 Å². The molecule has 1 amide bonds. The van der Waals surface area contributed by atoms with Gasteiger partial charge in [0.2, 0.25) is 5.91 Å². The van der Waals surface area contributed by atoms with Gasteiger partial charge in [0, 0.05) is 31.1 Å². The molecular weight excluding hydrogens is 248 g/mol. The Morgan fingerprint density at radius 2 is 1.72 bits per heavy atom. The van der Waals surface area contributed by atoms with Crippen LogP contribution in [0.25, 0.3) is 0 Å². The van der Waals surface area contributed by atoms with Crippen LogP contribution in [0.5, 0.6) is 0 Å². The van der Waals surface area contributed by atoms with E-state index in [9.17, 15) is 4.79 Å². The number of carbonyl (C=O) groups excluding carboxylic acids is 1. The first-order valence-electron chi connectivity index (χ1n) is 7.38. The largest absolute Gasteiger partial charge is 0.341 e. The van der Waals surface area contributed by atoms with Crippen molar-refractivity contribution in [2.24, 2.45) is 17.8 Å². The molecular formula is C14H23ClN2O. The third-order valence-corrected chi connectivity index (χ3v) is 5.53. The molecule has 4 heteroatoms. The molecule has 0 aromatic rings. The van der Waals surface area contributed by atoms with Crippen molar-refractivity contribution in [2.75, 3.05) is 13.1 Å². The maximum Gasteiger partial charge on any atom is 0.226 e. The molecule has 102 valence electrons. The summed E-state index contributed by atoms with van der Waals surface area (Å²) in [4.78, 5) is 14.7. The monoisotopic (exact) mass is 270 g/mol. The van der Waals surface area contributed by atoms with Crippen LogP contribution in [0.2, 0.25) is 0 Å². The van der Waals surface area contributed by atoms with Crippen LogP contribution in [0, 0.1) is 17.8 Å². The minimum Gasteiger partial charge on any atom is -0.341 e. The lowest BCUT2D eigenvalue weighted by molar-refractivity contribution is -0.133. The minimum absolute atomic E-state index is 0. The maximum atomic E-state index is 12.5. The number of hydrogen-bond donors (Lipinski definition) is 1. The predicted octanol–water partition coefficient (Wildman–Crippen LogP) is 1.81. The second-order valence-electron chi connectivity index (χ2n) is 6.50. The topological polar surface area (TPSA) is 32.3 Å². The number of carbonyl (C=O) groups is 1. The molecule has 18 heavy (non-hydrogen) atoms. The van der Waals surface area contributed by atoms with Crippen molar-refractivity contribution in [3.63, 3.8) is 0 Å².